The van der Waals surface area contributed by atoms with Crippen LogP contribution in [0.3, 0.4) is 0 Å². The van der Waals surface area contributed by atoms with Gasteiger partial charge in [0.25, 0.3) is 0 Å². The van der Waals surface area contributed by atoms with Gasteiger partial charge >= 0.3 is 0 Å². The summed E-state index contributed by atoms with van der Waals surface area (Å²) in [5.41, 5.74) is 0. The zero-order chi connectivity index (χ0) is 16.0. The SMILES string of the molecule is CC(C)CCNC(=O)[C@H](C)NS(=O)(=O)c1ccc(F)cc1. The Balaban J connectivity index is 2.62. The topological polar surface area (TPSA) is 75.3 Å². The van der Waals surface area contributed by atoms with Gasteiger partial charge in [0.05, 0.1) is 10.9 Å². The monoisotopic (exact) mass is 316 g/mol. The molecule has 2 N–H and O–H groups in total. The molecule has 0 bridgehead atoms. The van der Waals surface area contributed by atoms with Gasteiger partial charge in [0.2, 0.25) is 15.9 Å². The molecule has 1 amide bonds. The van der Waals surface area contributed by atoms with Crippen molar-refractivity contribution >= 4 is 15.9 Å². The summed E-state index contributed by atoms with van der Waals surface area (Å²) in [5.74, 6) is -0.453. The van der Waals surface area contributed by atoms with Crippen molar-refractivity contribution in [2.24, 2.45) is 5.92 Å². The molecule has 1 aromatic rings. The first-order chi connectivity index (χ1) is 9.72. The van der Waals surface area contributed by atoms with Crippen LogP contribution in [-0.2, 0) is 14.8 Å². The Morgan fingerprint density at radius 1 is 1.19 bits per heavy atom. The molecule has 0 spiro atoms. The molecule has 0 radical (unpaired) electrons. The zero-order valence-corrected chi connectivity index (χ0v) is 13.2. The third kappa shape index (κ3) is 5.81. The highest BCUT2D eigenvalue weighted by Crippen LogP contribution is 2.10. The van der Waals surface area contributed by atoms with E-state index in [0.717, 1.165) is 30.7 Å². The Hall–Kier alpha value is -1.47. The van der Waals surface area contributed by atoms with Gasteiger partial charge in [0.15, 0.2) is 0 Å². The molecule has 0 aromatic heterocycles. The highest BCUT2D eigenvalue weighted by molar-refractivity contribution is 7.89. The summed E-state index contributed by atoms with van der Waals surface area (Å²) in [6, 6.07) is 3.53. The average molecular weight is 316 g/mol. The van der Waals surface area contributed by atoms with Crippen LogP contribution in [0.25, 0.3) is 0 Å². The molecule has 1 aromatic carbocycles. The van der Waals surface area contributed by atoms with E-state index < -0.39 is 21.9 Å². The first kappa shape index (κ1) is 17.6. The Morgan fingerprint density at radius 3 is 2.29 bits per heavy atom. The molecule has 1 atom stereocenters. The van der Waals surface area contributed by atoms with Crippen LogP contribution in [0.5, 0.6) is 0 Å². The second kappa shape index (κ2) is 7.51. The molecule has 118 valence electrons. The van der Waals surface area contributed by atoms with Crippen LogP contribution in [0.2, 0.25) is 0 Å². The molecule has 5 nitrogen and oxygen atoms in total. The minimum atomic E-state index is -3.84. The van der Waals surface area contributed by atoms with E-state index >= 15 is 0 Å². The first-order valence-electron chi connectivity index (χ1n) is 6.78. The van der Waals surface area contributed by atoms with Crippen LogP contribution in [0.1, 0.15) is 27.2 Å². The van der Waals surface area contributed by atoms with Gasteiger partial charge in [-0.2, -0.15) is 4.72 Å². The van der Waals surface area contributed by atoms with Crippen LogP contribution in [0, 0.1) is 11.7 Å². The number of benzene rings is 1. The molecule has 21 heavy (non-hydrogen) atoms. The maximum atomic E-state index is 12.8. The molecule has 0 unspecified atom stereocenters. The van der Waals surface area contributed by atoms with Crippen molar-refractivity contribution in [2.75, 3.05) is 6.54 Å². The Morgan fingerprint density at radius 2 is 1.76 bits per heavy atom. The Labute approximate surface area is 125 Å². The summed E-state index contributed by atoms with van der Waals surface area (Å²) < 4.78 is 39.1. The van der Waals surface area contributed by atoms with Gasteiger partial charge in [0, 0.05) is 6.54 Å². The van der Waals surface area contributed by atoms with Gasteiger partial charge in [0.1, 0.15) is 5.82 Å². The molecular formula is C14H21FN2O3S. The van der Waals surface area contributed by atoms with E-state index in [1.165, 1.54) is 6.92 Å². The molecule has 1 rings (SSSR count). The lowest BCUT2D eigenvalue weighted by Crippen LogP contribution is -2.45. The minimum absolute atomic E-state index is 0.0780. The second-order valence-electron chi connectivity index (χ2n) is 5.27. The fourth-order valence-corrected chi connectivity index (χ4v) is 2.81. The van der Waals surface area contributed by atoms with Crippen molar-refractivity contribution in [1.29, 1.82) is 0 Å². The van der Waals surface area contributed by atoms with Gasteiger partial charge < -0.3 is 5.32 Å². The van der Waals surface area contributed by atoms with E-state index in [-0.39, 0.29) is 10.8 Å². The van der Waals surface area contributed by atoms with Crippen molar-refractivity contribution in [2.45, 2.75) is 38.1 Å². The smallest absolute Gasteiger partial charge is 0.241 e. The number of hydrogen-bond acceptors (Lipinski definition) is 3. The Kier molecular flexibility index (Phi) is 6.29. The number of rotatable bonds is 7. The molecule has 0 aliphatic rings. The number of halogens is 1. The fourth-order valence-electron chi connectivity index (χ4n) is 1.61. The number of sulfonamides is 1. The van der Waals surface area contributed by atoms with Crippen molar-refractivity contribution < 1.29 is 17.6 Å². The lowest BCUT2D eigenvalue weighted by Gasteiger charge is -2.15. The number of carbonyl (C=O) groups excluding carboxylic acids is 1. The Bertz CT molecular complexity index is 570. The van der Waals surface area contributed by atoms with Gasteiger partial charge in [-0.05, 0) is 43.5 Å². The lowest BCUT2D eigenvalue weighted by molar-refractivity contribution is -0.122. The van der Waals surface area contributed by atoms with Crippen LogP contribution in [0.15, 0.2) is 29.2 Å². The van der Waals surface area contributed by atoms with Gasteiger partial charge in [-0.25, -0.2) is 12.8 Å². The summed E-state index contributed by atoms with van der Waals surface area (Å²) in [6.07, 6.45) is 0.823. The maximum absolute atomic E-state index is 12.8. The second-order valence-corrected chi connectivity index (χ2v) is 6.98. The van der Waals surface area contributed by atoms with Gasteiger partial charge in [-0.1, -0.05) is 13.8 Å². The molecule has 7 heteroatoms. The molecule has 0 aliphatic heterocycles. The summed E-state index contributed by atoms with van der Waals surface area (Å²) >= 11 is 0. The van der Waals surface area contributed by atoms with Crippen LogP contribution in [0.4, 0.5) is 4.39 Å². The van der Waals surface area contributed by atoms with Gasteiger partial charge in [-0.15, -0.1) is 0 Å². The standard InChI is InChI=1S/C14H21FN2O3S/c1-10(2)8-9-16-14(18)11(3)17-21(19,20)13-6-4-12(15)5-7-13/h4-7,10-11,17H,8-9H2,1-3H3,(H,16,18)/t11-/m0/s1. The minimum Gasteiger partial charge on any atom is -0.355 e. The molecule has 0 saturated carbocycles. The third-order valence-electron chi connectivity index (χ3n) is 2.87. The zero-order valence-electron chi connectivity index (χ0n) is 12.4. The normalized spacial score (nSPS) is 13.2. The van der Waals surface area contributed by atoms with Crippen molar-refractivity contribution in [1.82, 2.24) is 10.0 Å². The highest BCUT2D eigenvalue weighted by atomic mass is 32.2. The summed E-state index contributed by atoms with van der Waals surface area (Å²) in [7, 11) is -3.84. The maximum Gasteiger partial charge on any atom is 0.241 e. The number of amides is 1. The average Bonchev–Trinajstić information content (AvgIpc) is 2.38. The fraction of sp³-hybridized carbons (Fsp3) is 0.500. The van der Waals surface area contributed by atoms with Crippen molar-refractivity contribution in [3.63, 3.8) is 0 Å². The third-order valence-corrected chi connectivity index (χ3v) is 4.43. The number of hydrogen-bond donors (Lipinski definition) is 2. The molecule has 0 aliphatic carbocycles. The largest absolute Gasteiger partial charge is 0.355 e. The van der Waals surface area contributed by atoms with E-state index in [9.17, 15) is 17.6 Å². The van der Waals surface area contributed by atoms with E-state index in [1.54, 1.807) is 0 Å². The van der Waals surface area contributed by atoms with E-state index in [1.807, 2.05) is 13.8 Å². The summed E-state index contributed by atoms with van der Waals surface area (Å²) in [6.45, 7) is 6.03. The molecular weight excluding hydrogens is 295 g/mol. The first-order valence-corrected chi connectivity index (χ1v) is 8.26. The van der Waals surface area contributed by atoms with E-state index in [4.69, 9.17) is 0 Å². The van der Waals surface area contributed by atoms with Crippen molar-refractivity contribution in [3.05, 3.63) is 30.1 Å². The van der Waals surface area contributed by atoms with Crippen LogP contribution >= 0.6 is 0 Å². The lowest BCUT2D eigenvalue weighted by atomic mass is 10.1. The van der Waals surface area contributed by atoms with Gasteiger partial charge in [-0.3, -0.25) is 4.79 Å². The van der Waals surface area contributed by atoms with Crippen LogP contribution < -0.4 is 10.0 Å². The van der Waals surface area contributed by atoms with Crippen LogP contribution in [-0.4, -0.2) is 26.9 Å². The quantitative estimate of drug-likeness (QED) is 0.803. The molecule has 0 heterocycles. The van der Waals surface area contributed by atoms with E-state index in [2.05, 4.69) is 10.0 Å². The molecule has 0 fully saturated rings. The predicted octanol–water partition coefficient (Wildman–Crippen LogP) is 1.65. The molecule has 0 saturated heterocycles. The van der Waals surface area contributed by atoms with Crippen molar-refractivity contribution in [3.8, 4) is 0 Å². The highest BCUT2D eigenvalue weighted by Gasteiger charge is 2.21. The summed E-state index contributed by atoms with van der Waals surface area (Å²) in [4.78, 5) is 11.7. The summed E-state index contributed by atoms with van der Waals surface area (Å²) in [5, 5.41) is 2.67. The number of nitrogens with one attached hydrogen (secondary N) is 2. The number of carbonyl (C=O) groups is 1. The van der Waals surface area contributed by atoms with E-state index in [0.29, 0.717) is 12.5 Å². The predicted molar refractivity (Wildman–Crippen MR) is 78.6 cm³/mol.